The van der Waals surface area contributed by atoms with E-state index in [4.69, 9.17) is 11.6 Å². The van der Waals surface area contributed by atoms with Crippen LogP contribution < -0.4 is 0 Å². The maximum Gasteiger partial charge on any atom is 0.123 e. The molecule has 0 aliphatic heterocycles. The minimum atomic E-state index is -0.900. The molecule has 1 nitrogen and oxygen atoms in total. The van der Waals surface area contributed by atoms with Gasteiger partial charge in [-0.2, -0.15) is 0 Å². The van der Waals surface area contributed by atoms with Crippen molar-refractivity contribution in [3.8, 4) is 0 Å². The van der Waals surface area contributed by atoms with Crippen LogP contribution in [0.1, 0.15) is 18.6 Å². The molecule has 1 atom stereocenters. The lowest BCUT2D eigenvalue weighted by molar-refractivity contribution is 0.216. The molecular weight excluding hydrogens is 191 g/mol. The number of halogens is 2. The molecule has 0 aliphatic rings. The standard InChI is InChI=1S/C10H10ClFO/c1-6(2)10(13)8-5-7(12)3-4-9(8)11/h3-5,10,13H,1H2,2H3. The molecule has 1 aromatic carbocycles. The Labute approximate surface area is 81.5 Å². The van der Waals surface area contributed by atoms with Crippen molar-refractivity contribution in [3.63, 3.8) is 0 Å². The molecule has 3 heteroatoms. The lowest BCUT2D eigenvalue weighted by Gasteiger charge is -2.11. The third-order valence-corrected chi connectivity index (χ3v) is 2.06. The smallest absolute Gasteiger partial charge is 0.123 e. The number of rotatable bonds is 2. The SMILES string of the molecule is C=C(C)C(O)c1cc(F)ccc1Cl. The van der Waals surface area contributed by atoms with Crippen LogP contribution in [0.4, 0.5) is 4.39 Å². The van der Waals surface area contributed by atoms with Gasteiger partial charge < -0.3 is 5.11 Å². The fourth-order valence-electron chi connectivity index (χ4n) is 0.990. The van der Waals surface area contributed by atoms with E-state index in [0.29, 0.717) is 16.2 Å². The van der Waals surface area contributed by atoms with Crippen molar-refractivity contribution in [2.45, 2.75) is 13.0 Å². The maximum atomic E-state index is 12.8. The highest BCUT2D eigenvalue weighted by Gasteiger charge is 2.12. The van der Waals surface area contributed by atoms with Crippen LogP contribution >= 0.6 is 11.6 Å². The Kier molecular flexibility index (Phi) is 3.07. The number of aliphatic hydroxyl groups is 1. The average Bonchev–Trinajstić information content (AvgIpc) is 2.08. The van der Waals surface area contributed by atoms with Gasteiger partial charge in [-0.05, 0) is 30.7 Å². The summed E-state index contributed by atoms with van der Waals surface area (Å²) in [5, 5.41) is 9.90. The number of aliphatic hydroxyl groups excluding tert-OH is 1. The third-order valence-electron chi connectivity index (χ3n) is 1.72. The Bertz CT molecular complexity index is 336. The summed E-state index contributed by atoms with van der Waals surface area (Å²) in [6.07, 6.45) is -0.900. The molecule has 70 valence electrons. The summed E-state index contributed by atoms with van der Waals surface area (Å²) in [6, 6.07) is 3.87. The van der Waals surface area contributed by atoms with Crippen LogP contribution in [0.25, 0.3) is 0 Å². The van der Waals surface area contributed by atoms with Gasteiger partial charge >= 0.3 is 0 Å². The minimum absolute atomic E-state index is 0.344. The predicted octanol–water partition coefficient (Wildman–Crippen LogP) is 3.09. The Hall–Kier alpha value is -0.860. The Morgan fingerprint density at radius 1 is 1.62 bits per heavy atom. The molecule has 1 unspecified atom stereocenters. The second kappa shape index (κ2) is 3.90. The van der Waals surface area contributed by atoms with Crippen molar-refractivity contribution in [2.24, 2.45) is 0 Å². The van der Waals surface area contributed by atoms with Crippen LogP contribution in [-0.4, -0.2) is 5.11 Å². The molecule has 0 aliphatic carbocycles. The fraction of sp³-hybridized carbons (Fsp3) is 0.200. The molecule has 0 amide bonds. The monoisotopic (exact) mass is 200 g/mol. The summed E-state index contributed by atoms with van der Waals surface area (Å²) < 4.78 is 12.8. The summed E-state index contributed by atoms with van der Waals surface area (Å²) in [6.45, 7) is 5.23. The van der Waals surface area contributed by atoms with Gasteiger partial charge in [0, 0.05) is 10.6 Å². The van der Waals surface area contributed by atoms with Crippen LogP contribution in [0.3, 0.4) is 0 Å². The first-order chi connectivity index (χ1) is 6.02. The van der Waals surface area contributed by atoms with E-state index in [2.05, 4.69) is 6.58 Å². The molecule has 0 fully saturated rings. The highest BCUT2D eigenvalue weighted by Crippen LogP contribution is 2.27. The van der Waals surface area contributed by atoms with Crippen molar-refractivity contribution >= 4 is 11.6 Å². The van der Waals surface area contributed by atoms with Crippen LogP contribution in [0.5, 0.6) is 0 Å². The molecule has 13 heavy (non-hydrogen) atoms. The van der Waals surface area contributed by atoms with Crippen LogP contribution in [0.2, 0.25) is 5.02 Å². The van der Waals surface area contributed by atoms with E-state index in [9.17, 15) is 9.50 Å². The largest absolute Gasteiger partial charge is 0.384 e. The summed E-state index contributed by atoms with van der Waals surface area (Å²) >= 11 is 5.77. The van der Waals surface area contributed by atoms with Gasteiger partial charge in [0.1, 0.15) is 11.9 Å². The average molecular weight is 201 g/mol. The number of hydrogen-bond acceptors (Lipinski definition) is 1. The molecular formula is C10H10ClFO. The lowest BCUT2D eigenvalue weighted by Crippen LogP contribution is -1.99. The molecule has 0 saturated heterocycles. The van der Waals surface area contributed by atoms with Gasteiger partial charge in [-0.15, -0.1) is 0 Å². The first-order valence-corrected chi connectivity index (χ1v) is 4.18. The van der Waals surface area contributed by atoms with Crippen molar-refractivity contribution in [1.29, 1.82) is 0 Å². The molecule has 1 N–H and O–H groups in total. The molecule has 0 radical (unpaired) electrons. The zero-order valence-electron chi connectivity index (χ0n) is 7.22. The van der Waals surface area contributed by atoms with E-state index in [1.807, 2.05) is 0 Å². The van der Waals surface area contributed by atoms with Gasteiger partial charge in [0.05, 0.1) is 0 Å². The second-order valence-corrected chi connectivity index (χ2v) is 3.32. The number of hydrogen-bond donors (Lipinski definition) is 1. The van der Waals surface area contributed by atoms with Crippen LogP contribution in [0, 0.1) is 5.82 Å². The zero-order valence-corrected chi connectivity index (χ0v) is 7.98. The molecule has 0 aromatic heterocycles. The highest BCUT2D eigenvalue weighted by atomic mass is 35.5. The van der Waals surface area contributed by atoms with Crippen LogP contribution in [0.15, 0.2) is 30.4 Å². The Morgan fingerprint density at radius 2 is 2.23 bits per heavy atom. The van der Waals surface area contributed by atoms with Gasteiger partial charge in [0.15, 0.2) is 0 Å². The molecule has 0 saturated carbocycles. The fourth-order valence-corrected chi connectivity index (χ4v) is 1.21. The first kappa shape index (κ1) is 10.2. The summed E-state index contributed by atoms with van der Waals surface area (Å²) in [5.41, 5.74) is 0.890. The van der Waals surface area contributed by atoms with Gasteiger partial charge in [-0.1, -0.05) is 18.2 Å². The van der Waals surface area contributed by atoms with Gasteiger partial charge in [0.2, 0.25) is 0 Å². The normalized spacial score (nSPS) is 12.6. The molecule has 0 spiro atoms. The maximum absolute atomic E-state index is 12.8. The second-order valence-electron chi connectivity index (χ2n) is 2.91. The number of benzene rings is 1. The van der Waals surface area contributed by atoms with E-state index >= 15 is 0 Å². The lowest BCUT2D eigenvalue weighted by atomic mass is 10.0. The zero-order chi connectivity index (χ0) is 10.0. The van der Waals surface area contributed by atoms with Crippen LogP contribution in [-0.2, 0) is 0 Å². The molecule has 1 rings (SSSR count). The highest BCUT2D eigenvalue weighted by molar-refractivity contribution is 6.31. The minimum Gasteiger partial charge on any atom is -0.384 e. The van der Waals surface area contributed by atoms with Crippen molar-refractivity contribution < 1.29 is 9.50 Å². The molecule has 0 heterocycles. The van der Waals surface area contributed by atoms with Gasteiger partial charge in [0.25, 0.3) is 0 Å². The summed E-state index contributed by atoms with van der Waals surface area (Å²) in [4.78, 5) is 0. The van der Waals surface area contributed by atoms with E-state index in [0.717, 1.165) is 0 Å². The van der Waals surface area contributed by atoms with E-state index < -0.39 is 11.9 Å². The van der Waals surface area contributed by atoms with Crippen molar-refractivity contribution in [1.82, 2.24) is 0 Å². The summed E-state index contributed by atoms with van der Waals surface area (Å²) in [7, 11) is 0. The predicted molar refractivity (Wildman–Crippen MR) is 51.2 cm³/mol. The van der Waals surface area contributed by atoms with Gasteiger partial charge in [-0.25, -0.2) is 4.39 Å². The Balaban J connectivity index is 3.12. The molecule has 0 bridgehead atoms. The summed E-state index contributed by atoms with van der Waals surface area (Å²) in [5.74, 6) is -0.417. The van der Waals surface area contributed by atoms with Crippen molar-refractivity contribution in [2.75, 3.05) is 0 Å². The van der Waals surface area contributed by atoms with E-state index in [-0.39, 0.29) is 0 Å². The van der Waals surface area contributed by atoms with E-state index in [1.54, 1.807) is 6.92 Å². The van der Waals surface area contributed by atoms with Gasteiger partial charge in [-0.3, -0.25) is 0 Å². The quantitative estimate of drug-likeness (QED) is 0.728. The third kappa shape index (κ3) is 2.29. The van der Waals surface area contributed by atoms with Crippen molar-refractivity contribution in [3.05, 3.63) is 46.8 Å². The first-order valence-electron chi connectivity index (χ1n) is 3.81. The Morgan fingerprint density at radius 3 is 2.77 bits per heavy atom. The molecule has 1 aromatic rings. The topological polar surface area (TPSA) is 20.2 Å². The van der Waals surface area contributed by atoms with E-state index in [1.165, 1.54) is 18.2 Å².